The number of hydrogen-bond donors (Lipinski definition) is 0. The predicted octanol–water partition coefficient (Wildman–Crippen LogP) is 14.1. The molecular weight excluding hydrogens is 719 g/mol. The molecule has 274 valence electrons. The monoisotopic (exact) mass is 751 g/mol. The number of hydrogen-bond acceptors (Lipinski definition) is 3. The third-order valence-corrected chi connectivity index (χ3v) is 12.2. The maximum absolute atomic E-state index is 5.66. The van der Waals surface area contributed by atoms with Crippen LogP contribution in [0.25, 0.3) is 99.3 Å². The van der Waals surface area contributed by atoms with Crippen LogP contribution in [0.1, 0.15) is 0 Å². The van der Waals surface area contributed by atoms with Gasteiger partial charge in [-0.2, -0.15) is 0 Å². The number of rotatable bonds is 4. The van der Waals surface area contributed by atoms with Gasteiger partial charge >= 0.3 is 0 Å². The Kier molecular flexibility index (Phi) is 6.66. The van der Waals surface area contributed by atoms with Crippen LogP contribution in [0.3, 0.4) is 0 Å². The van der Waals surface area contributed by atoms with Crippen LogP contribution in [0.15, 0.2) is 200 Å². The Morgan fingerprint density at radius 2 is 0.898 bits per heavy atom. The van der Waals surface area contributed by atoms with Gasteiger partial charge < -0.3 is 9.47 Å². The first kappa shape index (κ1) is 32.1. The van der Waals surface area contributed by atoms with Crippen LogP contribution >= 0.6 is 0 Å². The first-order valence-electron chi connectivity index (χ1n) is 20.1. The van der Waals surface area contributed by atoms with Crippen LogP contribution in [-0.2, 0) is 0 Å². The van der Waals surface area contributed by atoms with Gasteiger partial charge in [0.05, 0.1) is 50.0 Å². The molecule has 0 radical (unpaired) electrons. The third-order valence-electron chi connectivity index (χ3n) is 12.2. The van der Waals surface area contributed by atoms with Gasteiger partial charge in [0.1, 0.15) is 0 Å². The van der Waals surface area contributed by atoms with Crippen LogP contribution in [-0.4, -0.2) is 19.1 Å². The zero-order valence-electron chi connectivity index (χ0n) is 31.8. The van der Waals surface area contributed by atoms with Crippen molar-refractivity contribution in [2.75, 3.05) is 4.90 Å². The molecule has 0 saturated carbocycles. The summed E-state index contributed by atoms with van der Waals surface area (Å²) in [5, 5.41) is 8.25. The minimum atomic E-state index is 0.644. The van der Waals surface area contributed by atoms with Crippen molar-refractivity contribution in [3.05, 3.63) is 200 Å². The molecule has 0 unspecified atom stereocenters. The molecule has 59 heavy (non-hydrogen) atoms. The molecule has 0 aliphatic carbocycles. The van der Waals surface area contributed by atoms with Gasteiger partial charge in [0.15, 0.2) is 0 Å². The highest BCUT2D eigenvalue weighted by molar-refractivity contribution is 6.36. The van der Waals surface area contributed by atoms with Crippen LogP contribution in [0.4, 0.5) is 17.1 Å². The summed E-state index contributed by atoms with van der Waals surface area (Å²) in [6.45, 7) is 0. The van der Waals surface area contributed by atoms with Crippen LogP contribution in [0.2, 0.25) is 0 Å². The number of para-hydroxylation sites is 4. The summed E-state index contributed by atoms with van der Waals surface area (Å²) >= 11 is 0. The molecule has 0 fully saturated rings. The summed E-state index contributed by atoms with van der Waals surface area (Å²) in [4.78, 5) is 13.5. The Bertz CT molecular complexity index is 3670. The molecule has 9 aromatic carbocycles. The van der Waals surface area contributed by atoms with E-state index in [9.17, 15) is 0 Å². The van der Waals surface area contributed by atoms with Crippen LogP contribution in [0, 0.1) is 0 Å². The average molecular weight is 752 g/mol. The Hall–Kier alpha value is -8.02. The van der Waals surface area contributed by atoms with Crippen molar-refractivity contribution < 1.29 is 0 Å². The van der Waals surface area contributed by atoms with Crippen molar-refractivity contribution in [2.45, 2.75) is 0 Å². The van der Waals surface area contributed by atoms with E-state index in [1.807, 2.05) is 0 Å². The second-order valence-corrected chi connectivity index (χ2v) is 15.3. The zero-order valence-corrected chi connectivity index (χ0v) is 31.8. The summed E-state index contributed by atoms with van der Waals surface area (Å²) in [6.07, 6.45) is 0. The van der Waals surface area contributed by atoms with Crippen molar-refractivity contribution in [1.29, 1.82) is 0 Å². The maximum Gasteiger partial charge on any atom is 0.235 e. The molecule has 5 heteroatoms. The fraction of sp³-hybridized carbons (Fsp3) is 0. The minimum absolute atomic E-state index is 0.644. The van der Waals surface area contributed by atoms with Gasteiger partial charge in [0, 0.05) is 38.5 Å². The summed E-state index contributed by atoms with van der Waals surface area (Å²) in [7, 11) is 0. The number of benzene rings is 9. The van der Waals surface area contributed by atoms with E-state index >= 15 is 0 Å². The van der Waals surface area contributed by atoms with Gasteiger partial charge in [-0.05, 0) is 76.5 Å². The molecule has 0 spiro atoms. The Labute approximate surface area is 339 Å². The molecule has 5 nitrogen and oxygen atoms in total. The molecule has 0 bridgehead atoms. The third kappa shape index (κ3) is 4.50. The molecular formula is C54H33N5. The lowest BCUT2D eigenvalue weighted by Gasteiger charge is -2.32. The number of aromatic nitrogens is 4. The first-order chi connectivity index (χ1) is 29.3. The Balaban J connectivity index is 1.21. The quantitative estimate of drug-likeness (QED) is 0.180. The fourth-order valence-electron chi connectivity index (χ4n) is 9.81. The Morgan fingerprint density at radius 1 is 0.356 bits per heavy atom. The molecule has 13 rings (SSSR count). The molecule has 12 aromatic rings. The minimum Gasteiger partial charge on any atom is -0.309 e. The van der Waals surface area contributed by atoms with Crippen molar-refractivity contribution in [2.24, 2.45) is 0 Å². The summed E-state index contributed by atoms with van der Waals surface area (Å²) < 4.78 is 4.81. The lowest BCUT2D eigenvalue weighted by molar-refractivity contribution is 1.01. The SMILES string of the molecule is c1ccc(-c2cccc(-n3c4ccccc4c4c5ccccc5c5c6ccccc6n(-c6nc7c8c(cccc8n6)N(c6ccccc6)c6ccccc6-7)c5c43)c2)cc1. The molecule has 0 atom stereocenters. The first-order valence-corrected chi connectivity index (χ1v) is 20.1. The highest BCUT2D eigenvalue weighted by Crippen LogP contribution is 2.51. The summed E-state index contributed by atoms with van der Waals surface area (Å²) in [5.41, 5.74) is 14.0. The molecule has 0 N–H and O–H groups in total. The summed E-state index contributed by atoms with van der Waals surface area (Å²) in [6, 6.07) is 71.7. The van der Waals surface area contributed by atoms with Crippen molar-refractivity contribution in [3.63, 3.8) is 0 Å². The number of fused-ring (bicyclic) bond motifs is 12. The van der Waals surface area contributed by atoms with Gasteiger partial charge in [-0.1, -0.05) is 146 Å². The van der Waals surface area contributed by atoms with E-state index in [4.69, 9.17) is 9.97 Å². The van der Waals surface area contributed by atoms with Gasteiger partial charge in [0.25, 0.3) is 0 Å². The fourth-order valence-corrected chi connectivity index (χ4v) is 9.81. The average Bonchev–Trinajstić information content (AvgIpc) is 3.84. The summed E-state index contributed by atoms with van der Waals surface area (Å²) in [5.74, 6) is 0.644. The topological polar surface area (TPSA) is 38.9 Å². The molecule has 0 saturated heterocycles. The van der Waals surface area contributed by atoms with Crippen LogP contribution in [0.5, 0.6) is 0 Å². The van der Waals surface area contributed by atoms with Gasteiger partial charge in [-0.15, -0.1) is 0 Å². The van der Waals surface area contributed by atoms with Crippen LogP contribution < -0.4 is 4.90 Å². The maximum atomic E-state index is 5.66. The van der Waals surface area contributed by atoms with Crippen molar-refractivity contribution >= 4 is 82.3 Å². The Morgan fingerprint density at radius 3 is 1.64 bits per heavy atom. The lowest BCUT2D eigenvalue weighted by Crippen LogP contribution is -2.16. The second kappa shape index (κ2) is 12.2. The molecule has 4 heterocycles. The van der Waals surface area contributed by atoms with E-state index in [1.54, 1.807) is 0 Å². The number of nitrogens with zero attached hydrogens (tertiary/aromatic N) is 5. The molecule has 1 aliphatic rings. The van der Waals surface area contributed by atoms with Gasteiger partial charge in [0.2, 0.25) is 5.95 Å². The van der Waals surface area contributed by atoms with Gasteiger partial charge in [-0.3, -0.25) is 4.57 Å². The zero-order chi connectivity index (χ0) is 38.6. The number of anilines is 3. The van der Waals surface area contributed by atoms with E-state index in [1.165, 1.54) is 38.1 Å². The predicted molar refractivity (Wildman–Crippen MR) is 245 cm³/mol. The molecule has 3 aromatic heterocycles. The lowest BCUT2D eigenvalue weighted by atomic mass is 9.96. The van der Waals surface area contributed by atoms with Crippen molar-refractivity contribution in [3.8, 4) is 34.0 Å². The van der Waals surface area contributed by atoms with E-state index < -0.39 is 0 Å². The smallest absolute Gasteiger partial charge is 0.235 e. The molecule has 0 amide bonds. The standard InChI is InChI=1S/C54H33N5/c1-3-17-34(18-4-1)35-19-15-22-37(33-35)58-44-29-12-9-25-40(44)48-38-23-7-8-24-39(38)49-41-26-10-13-30-45(41)59(53(49)52(48)58)54-55-43-28-16-32-47-50(43)51(56-54)42-27-11-14-31-46(42)57(47)36-20-5-2-6-21-36/h1-33H. The second-order valence-electron chi connectivity index (χ2n) is 15.3. The van der Waals surface area contributed by atoms with E-state index in [0.29, 0.717) is 5.95 Å². The van der Waals surface area contributed by atoms with E-state index in [0.717, 1.165) is 72.4 Å². The highest BCUT2D eigenvalue weighted by Gasteiger charge is 2.30. The van der Waals surface area contributed by atoms with E-state index in [-0.39, 0.29) is 0 Å². The normalized spacial score (nSPS) is 12.4. The van der Waals surface area contributed by atoms with E-state index in [2.05, 4.69) is 214 Å². The largest absolute Gasteiger partial charge is 0.309 e. The van der Waals surface area contributed by atoms with Crippen molar-refractivity contribution in [1.82, 2.24) is 19.1 Å². The highest BCUT2D eigenvalue weighted by atomic mass is 15.2. The van der Waals surface area contributed by atoms with Gasteiger partial charge in [-0.25, -0.2) is 9.97 Å². The molecule has 1 aliphatic heterocycles.